The molecule has 0 aliphatic heterocycles. The fourth-order valence-corrected chi connectivity index (χ4v) is 4.68. The fourth-order valence-electron chi connectivity index (χ4n) is 4.68. The molecular weight excluding hydrogens is 635 g/mol. The molecule has 2 heterocycles. The predicted octanol–water partition coefficient (Wildman–Crippen LogP) is 7.36. The first-order chi connectivity index (χ1) is 23.2. The minimum Gasteiger partial charge on any atom is -0.491 e. The van der Waals surface area contributed by atoms with Gasteiger partial charge in [-0.1, -0.05) is 11.2 Å². The fraction of sp³-hybridized carbons (Fsp3) is 0.250. The Hall–Kier alpha value is -5.98. The number of aliphatic carboxylic acids is 1. The van der Waals surface area contributed by atoms with Crippen LogP contribution in [0.2, 0.25) is 0 Å². The van der Waals surface area contributed by atoms with Crippen LogP contribution in [0.1, 0.15) is 50.7 Å². The minimum atomic E-state index is -1.37. The van der Waals surface area contributed by atoms with Crippen molar-refractivity contribution in [1.29, 1.82) is 0 Å². The third kappa shape index (κ3) is 9.10. The maximum Gasteiger partial charge on any atom is 0.412 e. The van der Waals surface area contributed by atoms with Crippen molar-refractivity contribution in [3.63, 3.8) is 0 Å². The summed E-state index contributed by atoms with van der Waals surface area (Å²) in [5.74, 6) is -1.61. The van der Waals surface area contributed by atoms with E-state index in [1.807, 2.05) is 13.8 Å². The van der Waals surface area contributed by atoms with E-state index in [-0.39, 0.29) is 35.6 Å². The standard InChI is InChI=1S/C36H35FN4O8/c1-20(2)46-25-13-9-22(10-14-25)29-16-17-30(47-29)32(42)39-28(34(43)44)19-21-6-15-26(27(37)18-21)31-40-33(49-41-31)23-7-11-24(12-8-23)38-35(45)48-36(3,4)5/h6-18,20,28H,19H2,1-5H3,(H,38,45)(H,39,42)(H,43,44). The number of anilines is 1. The number of nitrogens with zero attached hydrogens (tertiary/aromatic N) is 2. The van der Waals surface area contributed by atoms with Gasteiger partial charge in [-0.15, -0.1) is 0 Å². The van der Waals surface area contributed by atoms with Gasteiger partial charge in [-0.2, -0.15) is 4.98 Å². The van der Waals surface area contributed by atoms with Gasteiger partial charge in [-0.3, -0.25) is 10.1 Å². The Balaban J connectivity index is 1.21. The number of carbonyl (C=O) groups excluding carboxylic acids is 2. The molecule has 254 valence electrons. The molecule has 0 aliphatic carbocycles. The number of ether oxygens (including phenoxy) is 2. The summed E-state index contributed by atoms with van der Waals surface area (Å²) in [6, 6.07) is 19.5. The number of hydrogen-bond acceptors (Lipinski definition) is 9. The number of carbonyl (C=O) groups is 3. The lowest BCUT2D eigenvalue weighted by Crippen LogP contribution is -2.42. The van der Waals surface area contributed by atoms with E-state index < -0.39 is 35.4 Å². The summed E-state index contributed by atoms with van der Waals surface area (Å²) in [5.41, 5.74) is 1.43. The van der Waals surface area contributed by atoms with Crippen LogP contribution >= 0.6 is 0 Å². The van der Waals surface area contributed by atoms with Gasteiger partial charge in [0.15, 0.2) is 5.76 Å². The maximum absolute atomic E-state index is 15.2. The zero-order valence-electron chi connectivity index (χ0n) is 27.4. The van der Waals surface area contributed by atoms with Gasteiger partial charge in [0.05, 0.1) is 11.7 Å². The number of halogens is 1. The van der Waals surface area contributed by atoms with E-state index in [0.717, 1.165) is 6.07 Å². The van der Waals surface area contributed by atoms with Crippen LogP contribution < -0.4 is 15.4 Å². The summed E-state index contributed by atoms with van der Waals surface area (Å²) in [6.45, 7) is 9.12. The minimum absolute atomic E-state index is 0.0196. The number of benzene rings is 3. The third-order valence-electron chi connectivity index (χ3n) is 6.86. The van der Waals surface area contributed by atoms with Gasteiger partial charge >= 0.3 is 12.1 Å². The van der Waals surface area contributed by atoms with Crippen LogP contribution in [0.15, 0.2) is 87.8 Å². The lowest BCUT2D eigenvalue weighted by atomic mass is 10.0. The van der Waals surface area contributed by atoms with Gasteiger partial charge in [-0.05, 0) is 113 Å². The molecule has 13 heteroatoms. The van der Waals surface area contributed by atoms with Crippen LogP contribution in [0.3, 0.4) is 0 Å². The van der Waals surface area contributed by atoms with Gasteiger partial charge in [0.25, 0.3) is 11.8 Å². The predicted molar refractivity (Wildman–Crippen MR) is 177 cm³/mol. The van der Waals surface area contributed by atoms with Gasteiger partial charge in [0, 0.05) is 23.2 Å². The van der Waals surface area contributed by atoms with Crippen LogP contribution in [-0.4, -0.2) is 51.0 Å². The Morgan fingerprint density at radius 1 is 0.939 bits per heavy atom. The summed E-state index contributed by atoms with van der Waals surface area (Å²) in [6.07, 6.45) is -0.781. The van der Waals surface area contributed by atoms with Gasteiger partial charge in [0.2, 0.25) is 5.82 Å². The van der Waals surface area contributed by atoms with Crippen molar-refractivity contribution in [3.05, 3.63) is 96.0 Å². The summed E-state index contributed by atoms with van der Waals surface area (Å²) in [7, 11) is 0. The van der Waals surface area contributed by atoms with Crippen molar-refractivity contribution < 1.29 is 42.3 Å². The number of furan rings is 1. The SMILES string of the molecule is CC(C)Oc1ccc(-c2ccc(C(=O)NC(Cc3ccc(-c4noc(-c5ccc(NC(=O)OC(C)(C)C)cc5)n4)c(F)c3)C(=O)O)o2)cc1. The van der Waals surface area contributed by atoms with Crippen molar-refractivity contribution in [2.75, 3.05) is 5.32 Å². The second-order valence-electron chi connectivity index (χ2n) is 12.4. The number of aromatic nitrogens is 2. The van der Waals surface area contributed by atoms with Crippen LogP contribution in [-0.2, 0) is 16.0 Å². The Bertz CT molecular complexity index is 1940. The lowest BCUT2D eigenvalue weighted by Gasteiger charge is -2.19. The Morgan fingerprint density at radius 2 is 1.63 bits per heavy atom. The molecule has 2 amide bonds. The molecular formula is C36H35FN4O8. The summed E-state index contributed by atoms with van der Waals surface area (Å²) < 4.78 is 37.1. The number of carboxylic acids is 1. The quantitative estimate of drug-likeness (QED) is 0.129. The summed E-state index contributed by atoms with van der Waals surface area (Å²) in [4.78, 5) is 41.2. The second-order valence-corrected chi connectivity index (χ2v) is 12.4. The molecule has 1 atom stereocenters. The van der Waals surface area contributed by atoms with Crippen LogP contribution in [0, 0.1) is 5.82 Å². The monoisotopic (exact) mass is 670 g/mol. The average Bonchev–Trinajstić information content (AvgIpc) is 3.71. The average molecular weight is 671 g/mol. The summed E-state index contributed by atoms with van der Waals surface area (Å²) >= 11 is 0. The van der Waals surface area contributed by atoms with Gasteiger partial charge in [-0.25, -0.2) is 14.0 Å². The number of rotatable bonds is 11. The molecule has 0 radical (unpaired) electrons. The molecule has 0 spiro atoms. The molecule has 0 saturated carbocycles. The van der Waals surface area contributed by atoms with Crippen molar-refractivity contribution in [2.24, 2.45) is 0 Å². The molecule has 5 aromatic rings. The Morgan fingerprint density at radius 3 is 2.27 bits per heavy atom. The van der Waals surface area contributed by atoms with E-state index in [4.69, 9.17) is 18.4 Å². The molecule has 1 unspecified atom stereocenters. The second kappa shape index (κ2) is 14.4. The molecule has 0 saturated heterocycles. The zero-order valence-corrected chi connectivity index (χ0v) is 27.4. The molecule has 3 N–H and O–H groups in total. The molecule has 49 heavy (non-hydrogen) atoms. The highest BCUT2D eigenvalue weighted by Crippen LogP contribution is 2.27. The number of carboxylic acid groups (broad SMARTS) is 1. The van der Waals surface area contributed by atoms with Crippen LogP contribution in [0.25, 0.3) is 34.2 Å². The van der Waals surface area contributed by atoms with Crippen LogP contribution in [0.4, 0.5) is 14.9 Å². The highest BCUT2D eigenvalue weighted by Gasteiger charge is 2.24. The molecule has 0 bridgehead atoms. The van der Waals surface area contributed by atoms with E-state index in [1.165, 1.54) is 18.2 Å². The molecule has 12 nitrogen and oxygen atoms in total. The molecule has 5 rings (SSSR count). The van der Waals surface area contributed by atoms with Gasteiger partial charge in [0.1, 0.15) is 29.0 Å². The molecule has 3 aromatic carbocycles. The summed E-state index contributed by atoms with van der Waals surface area (Å²) in [5, 5.41) is 18.8. The smallest absolute Gasteiger partial charge is 0.412 e. The molecule has 0 fully saturated rings. The number of amides is 2. The first-order valence-corrected chi connectivity index (χ1v) is 15.4. The van der Waals surface area contributed by atoms with Crippen molar-refractivity contribution in [1.82, 2.24) is 15.5 Å². The molecule has 0 aliphatic rings. The van der Waals surface area contributed by atoms with Gasteiger partial charge < -0.3 is 28.8 Å². The maximum atomic E-state index is 15.2. The van der Waals surface area contributed by atoms with E-state index in [2.05, 4.69) is 20.8 Å². The first-order valence-electron chi connectivity index (χ1n) is 15.4. The molecule has 2 aromatic heterocycles. The zero-order chi connectivity index (χ0) is 35.3. The third-order valence-corrected chi connectivity index (χ3v) is 6.86. The van der Waals surface area contributed by atoms with Crippen molar-refractivity contribution in [2.45, 2.75) is 58.8 Å². The largest absolute Gasteiger partial charge is 0.491 e. The van der Waals surface area contributed by atoms with Crippen molar-refractivity contribution >= 4 is 23.7 Å². The Labute approximate surface area is 281 Å². The normalized spacial score (nSPS) is 12.0. The van der Waals surface area contributed by atoms with E-state index in [9.17, 15) is 19.5 Å². The highest BCUT2D eigenvalue weighted by atomic mass is 19.1. The van der Waals surface area contributed by atoms with E-state index in [0.29, 0.717) is 33.9 Å². The number of nitrogens with one attached hydrogen (secondary N) is 2. The highest BCUT2D eigenvalue weighted by molar-refractivity contribution is 5.95. The van der Waals surface area contributed by atoms with E-state index >= 15 is 4.39 Å². The lowest BCUT2D eigenvalue weighted by molar-refractivity contribution is -0.139. The van der Waals surface area contributed by atoms with E-state index in [1.54, 1.807) is 75.4 Å². The topological polar surface area (TPSA) is 166 Å². The first kappa shape index (κ1) is 34.4. The Kier molecular flexibility index (Phi) is 10.1. The van der Waals surface area contributed by atoms with Crippen LogP contribution in [0.5, 0.6) is 5.75 Å². The van der Waals surface area contributed by atoms with Crippen molar-refractivity contribution in [3.8, 4) is 39.9 Å². The number of hydrogen-bond donors (Lipinski definition) is 3.